The Bertz CT molecular complexity index is 1360. The third-order valence-electron chi connectivity index (χ3n) is 5.50. The van der Waals surface area contributed by atoms with E-state index in [1.807, 2.05) is 12.1 Å². The summed E-state index contributed by atoms with van der Waals surface area (Å²) in [6, 6.07) is 12.3. The van der Waals surface area contributed by atoms with E-state index in [1.165, 1.54) is 18.2 Å². The van der Waals surface area contributed by atoms with Crippen LogP contribution in [0.25, 0.3) is 11.1 Å². The molecule has 0 fully saturated rings. The smallest absolute Gasteiger partial charge is 0.493 e. The van der Waals surface area contributed by atoms with Gasteiger partial charge in [-0.25, -0.2) is 9.11 Å². The van der Waals surface area contributed by atoms with E-state index in [-0.39, 0.29) is 29.4 Å². The van der Waals surface area contributed by atoms with Crippen LogP contribution in [0, 0.1) is 11.7 Å². The highest BCUT2D eigenvalue weighted by atomic mass is 32.2. The Morgan fingerprint density at radius 1 is 1.14 bits per heavy atom. The lowest BCUT2D eigenvalue weighted by molar-refractivity contribution is -0.0446. The number of fused-ring (bicyclic) bond motifs is 1. The first-order chi connectivity index (χ1) is 16.5. The molecule has 0 unspecified atom stereocenters. The summed E-state index contributed by atoms with van der Waals surface area (Å²) in [5, 5.41) is 10.8. The Hall–Kier alpha value is -3.51. The molecule has 0 spiro atoms. The Balaban J connectivity index is 1.64. The van der Waals surface area contributed by atoms with Gasteiger partial charge in [0.15, 0.2) is 0 Å². The number of pyridine rings is 1. The van der Waals surface area contributed by atoms with E-state index in [0.29, 0.717) is 12.0 Å². The second kappa shape index (κ2) is 9.27. The predicted octanol–water partition coefficient (Wildman–Crippen LogP) is 3.75. The number of amides is 1. The summed E-state index contributed by atoms with van der Waals surface area (Å²) in [4.78, 5) is 16.6. The van der Waals surface area contributed by atoms with Crippen molar-refractivity contribution in [2.24, 2.45) is 5.92 Å². The van der Waals surface area contributed by atoms with Gasteiger partial charge in [-0.15, -0.1) is 0 Å². The van der Waals surface area contributed by atoms with Gasteiger partial charge in [-0.05, 0) is 53.9 Å². The normalized spacial score (nSPS) is 17.9. The maximum absolute atomic E-state index is 14.0. The van der Waals surface area contributed by atoms with Crippen molar-refractivity contribution >= 4 is 15.9 Å². The minimum Gasteiger partial charge on any atom is -0.493 e. The lowest BCUT2D eigenvalue weighted by Gasteiger charge is -2.30. The molecule has 1 aromatic heterocycles. The van der Waals surface area contributed by atoms with Crippen molar-refractivity contribution in [2.75, 3.05) is 6.61 Å². The largest absolute Gasteiger partial charge is 0.516 e. The molecular formula is C23H18F4N2O5S. The van der Waals surface area contributed by atoms with Crippen LogP contribution >= 0.6 is 0 Å². The first-order valence-electron chi connectivity index (χ1n) is 10.2. The van der Waals surface area contributed by atoms with Gasteiger partial charge < -0.3 is 9.84 Å². The Morgan fingerprint density at radius 2 is 1.91 bits per heavy atom. The van der Waals surface area contributed by atoms with Gasteiger partial charge in [0.05, 0.1) is 12.7 Å². The summed E-state index contributed by atoms with van der Waals surface area (Å²) < 4.78 is 81.5. The SMILES string of the molecule is O=C(NS(=O)(=O)C(F)(F)F)c1ccc(F)cc1-c1ccc2c(c1)OC[C@@H](Cc1ccccn1)[C@@H]2O. The van der Waals surface area contributed by atoms with Crippen LogP contribution in [0.15, 0.2) is 60.8 Å². The van der Waals surface area contributed by atoms with E-state index < -0.39 is 38.9 Å². The van der Waals surface area contributed by atoms with Crippen LogP contribution in [0.2, 0.25) is 0 Å². The summed E-state index contributed by atoms with van der Waals surface area (Å²) in [5.74, 6) is -2.44. The van der Waals surface area contributed by atoms with Crippen molar-refractivity contribution in [2.45, 2.75) is 18.0 Å². The molecule has 12 heteroatoms. The number of aliphatic hydroxyl groups is 1. The van der Waals surface area contributed by atoms with Gasteiger partial charge in [-0.1, -0.05) is 18.2 Å². The lowest BCUT2D eigenvalue weighted by Crippen LogP contribution is -2.40. The molecule has 184 valence electrons. The van der Waals surface area contributed by atoms with E-state index in [9.17, 15) is 35.9 Å². The van der Waals surface area contributed by atoms with Gasteiger partial charge >= 0.3 is 15.5 Å². The van der Waals surface area contributed by atoms with Crippen LogP contribution < -0.4 is 9.46 Å². The second-order valence-corrected chi connectivity index (χ2v) is 9.54. The molecule has 1 aliphatic heterocycles. The zero-order chi connectivity index (χ0) is 25.4. The van der Waals surface area contributed by atoms with Gasteiger partial charge in [-0.3, -0.25) is 9.78 Å². The number of rotatable bonds is 5. The van der Waals surface area contributed by atoms with Gasteiger partial charge in [0.1, 0.15) is 11.6 Å². The maximum atomic E-state index is 14.0. The molecule has 2 atom stereocenters. The number of aliphatic hydroxyl groups excluding tert-OH is 1. The number of carbonyl (C=O) groups is 1. The van der Waals surface area contributed by atoms with E-state index in [4.69, 9.17) is 4.74 Å². The number of hydrogen-bond donors (Lipinski definition) is 2. The van der Waals surface area contributed by atoms with Gasteiger partial charge in [0.2, 0.25) is 0 Å². The number of carbonyl (C=O) groups excluding carboxylic acids is 1. The van der Waals surface area contributed by atoms with Crippen LogP contribution in [-0.4, -0.2) is 36.5 Å². The number of aromatic nitrogens is 1. The summed E-state index contributed by atoms with van der Waals surface area (Å²) in [5.41, 5.74) is -4.98. The fourth-order valence-electron chi connectivity index (χ4n) is 3.76. The van der Waals surface area contributed by atoms with Gasteiger partial charge in [0, 0.05) is 28.9 Å². The highest BCUT2D eigenvalue weighted by molar-refractivity contribution is 7.90. The predicted molar refractivity (Wildman–Crippen MR) is 116 cm³/mol. The first-order valence-corrected chi connectivity index (χ1v) is 11.7. The van der Waals surface area contributed by atoms with E-state index in [0.717, 1.165) is 28.6 Å². The molecule has 2 aromatic carbocycles. The summed E-state index contributed by atoms with van der Waals surface area (Å²) >= 11 is 0. The fourth-order valence-corrected chi connectivity index (χ4v) is 4.23. The Kier molecular flexibility index (Phi) is 6.52. The highest BCUT2D eigenvalue weighted by Gasteiger charge is 2.47. The second-order valence-electron chi connectivity index (χ2n) is 7.86. The van der Waals surface area contributed by atoms with Crippen molar-refractivity contribution in [3.05, 3.63) is 83.4 Å². The molecule has 1 amide bonds. The molecule has 3 aromatic rings. The molecule has 0 radical (unpaired) electrons. The van der Waals surface area contributed by atoms with Crippen LogP contribution in [0.3, 0.4) is 0 Å². The van der Waals surface area contributed by atoms with E-state index in [2.05, 4.69) is 4.98 Å². The molecule has 4 rings (SSSR count). The summed E-state index contributed by atoms with van der Waals surface area (Å²) in [7, 11) is -5.96. The zero-order valence-corrected chi connectivity index (χ0v) is 18.6. The molecule has 0 saturated heterocycles. The number of sulfonamides is 1. The standard InChI is InChI=1S/C23H18F4N2O5S/c24-15-5-7-17(22(31)29-35(32,33)23(25,26)27)19(11-15)13-4-6-18-20(10-13)34-12-14(21(18)30)9-16-3-1-2-8-28-16/h1-8,10-11,14,21,30H,9,12H2,(H,29,31)/t14-,21+/m1/s1. The maximum Gasteiger partial charge on any atom is 0.516 e. The number of nitrogens with zero attached hydrogens (tertiary/aromatic N) is 1. The van der Waals surface area contributed by atoms with Crippen LogP contribution in [-0.2, 0) is 16.4 Å². The molecule has 35 heavy (non-hydrogen) atoms. The number of alkyl halides is 3. The number of hydrogen-bond acceptors (Lipinski definition) is 6. The molecule has 0 saturated carbocycles. The minimum absolute atomic E-state index is 0.133. The monoisotopic (exact) mass is 510 g/mol. The quantitative estimate of drug-likeness (QED) is 0.507. The Labute approximate surface area is 197 Å². The van der Waals surface area contributed by atoms with Crippen molar-refractivity contribution in [3.63, 3.8) is 0 Å². The fraction of sp³-hybridized carbons (Fsp3) is 0.217. The Morgan fingerprint density at radius 3 is 2.60 bits per heavy atom. The number of nitrogens with one attached hydrogen (secondary N) is 1. The summed E-state index contributed by atoms with van der Waals surface area (Å²) in [6.45, 7) is 0.133. The third kappa shape index (κ3) is 5.13. The van der Waals surface area contributed by atoms with Crippen LogP contribution in [0.5, 0.6) is 5.75 Å². The number of benzene rings is 2. The topological polar surface area (TPSA) is 106 Å². The van der Waals surface area contributed by atoms with Crippen LogP contribution in [0.4, 0.5) is 17.6 Å². The molecule has 7 nitrogen and oxygen atoms in total. The van der Waals surface area contributed by atoms with Crippen LogP contribution in [0.1, 0.15) is 27.7 Å². The molecule has 2 heterocycles. The average molecular weight is 510 g/mol. The van der Waals surface area contributed by atoms with E-state index in [1.54, 1.807) is 12.3 Å². The van der Waals surface area contributed by atoms with Gasteiger partial charge in [-0.2, -0.15) is 21.6 Å². The summed E-state index contributed by atoms with van der Waals surface area (Å²) in [6.07, 6.45) is 1.17. The van der Waals surface area contributed by atoms with Crippen molar-refractivity contribution in [3.8, 4) is 16.9 Å². The molecule has 0 aliphatic carbocycles. The number of halogens is 4. The lowest BCUT2D eigenvalue weighted by atomic mass is 9.88. The van der Waals surface area contributed by atoms with Crippen molar-refractivity contribution in [1.82, 2.24) is 9.71 Å². The first kappa shape index (κ1) is 24.6. The van der Waals surface area contributed by atoms with Gasteiger partial charge in [0.25, 0.3) is 5.91 Å². The average Bonchev–Trinajstić information content (AvgIpc) is 2.80. The van der Waals surface area contributed by atoms with E-state index >= 15 is 0 Å². The minimum atomic E-state index is -5.96. The molecule has 0 bridgehead atoms. The molecular weight excluding hydrogens is 492 g/mol. The van der Waals surface area contributed by atoms with Crippen molar-refractivity contribution < 1.29 is 40.6 Å². The zero-order valence-electron chi connectivity index (χ0n) is 17.8. The molecule has 1 aliphatic rings. The molecule has 2 N–H and O–H groups in total. The number of ether oxygens (including phenoxy) is 1. The third-order valence-corrected chi connectivity index (χ3v) is 6.56. The highest BCUT2D eigenvalue weighted by Crippen LogP contribution is 2.40. The van der Waals surface area contributed by atoms with Crippen molar-refractivity contribution in [1.29, 1.82) is 0 Å².